The lowest BCUT2D eigenvalue weighted by molar-refractivity contribution is 0.475. The number of aromatic nitrogens is 1. The zero-order valence-corrected chi connectivity index (χ0v) is 8.54. The van der Waals surface area contributed by atoms with Crippen molar-refractivity contribution in [3.8, 4) is 5.75 Å². The predicted octanol–water partition coefficient (Wildman–Crippen LogP) is 2.23. The van der Waals surface area contributed by atoms with Crippen LogP contribution in [0.25, 0.3) is 0 Å². The summed E-state index contributed by atoms with van der Waals surface area (Å²) in [5.74, 6) is 0.937. The van der Waals surface area contributed by atoms with Crippen LogP contribution in [0.5, 0.6) is 5.75 Å². The molecule has 1 heterocycles. The van der Waals surface area contributed by atoms with Crippen LogP contribution in [0, 0.1) is 0 Å². The number of aromatic hydroxyl groups is 1. The van der Waals surface area contributed by atoms with Gasteiger partial charge in [-0.25, -0.2) is 4.98 Å². The van der Waals surface area contributed by atoms with Crippen molar-refractivity contribution in [2.24, 2.45) is 5.10 Å². The van der Waals surface area contributed by atoms with Crippen LogP contribution in [-0.4, -0.2) is 16.3 Å². The summed E-state index contributed by atoms with van der Waals surface area (Å²) in [7, 11) is 0. The molecule has 2 rings (SSSR count). The summed E-state index contributed by atoms with van der Waals surface area (Å²) in [6, 6.07) is 12.3. The average Bonchev–Trinajstić information content (AvgIpc) is 2.33. The molecule has 0 saturated carbocycles. The van der Waals surface area contributed by atoms with E-state index in [0.29, 0.717) is 5.82 Å². The van der Waals surface area contributed by atoms with E-state index in [1.165, 1.54) is 0 Å². The number of benzene rings is 1. The van der Waals surface area contributed by atoms with Crippen LogP contribution in [-0.2, 0) is 0 Å². The molecule has 0 aliphatic heterocycles. The van der Waals surface area contributed by atoms with Crippen LogP contribution in [0.4, 0.5) is 5.82 Å². The summed E-state index contributed by atoms with van der Waals surface area (Å²) in [6.45, 7) is 0. The second kappa shape index (κ2) is 4.93. The van der Waals surface area contributed by atoms with E-state index in [9.17, 15) is 0 Å². The van der Waals surface area contributed by atoms with Gasteiger partial charge < -0.3 is 5.11 Å². The van der Waals surface area contributed by atoms with Crippen LogP contribution in [0.3, 0.4) is 0 Å². The van der Waals surface area contributed by atoms with Crippen molar-refractivity contribution in [3.05, 3.63) is 54.2 Å². The van der Waals surface area contributed by atoms with Crippen molar-refractivity contribution in [2.45, 2.75) is 0 Å². The minimum absolute atomic E-state index is 0.245. The minimum atomic E-state index is 0.245. The fourth-order valence-electron chi connectivity index (χ4n) is 1.16. The quantitative estimate of drug-likeness (QED) is 0.607. The van der Waals surface area contributed by atoms with Gasteiger partial charge in [0.25, 0.3) is 0 Å². The highest BCUT2D eigenvalue weighted by atomic mass is 16.3. The van der Waals surface area contributed by atoms with E-state index in [1.807, 2.05) is 18.2 Å². The van der Waals surface area contributed by atoms with E-state index in [-0.39, 0.29) is 5.75 Å². The summed E-state index contributed by atoms with van der Waals surface area (Å²) in [6.07, 6.45) is 3.35. The molecule has 80 valence electrons. The minimum Gasteiger partial charge on any atom is -0.508 e. The second-order valence-corrected chi connectivity index (χ2v) is 3.18. The van der Waals surface area contributed by atoms with Crippen molar-refractivity contribution in [1.29, 1.82) is 0 Å². The number of pyridine rings is 1. The maximum Gasteiger partial charge on any atom is 0.146 e. The maximum atomic E-state index is 9.09. The van der Waals surface area contributed by atoms with E-state index in [1.54, 1.807) is 36.7 Å². The van der Waals surface area contributed by atoms with E-state index < -0.39 is 0 Å². The molecule has 2 aromatic rings. The molecule has 0 atom stereocenters. The van der Waals surface area contributed by atoms with Gasteiger partial charge in [-0.3, -0.25) is 5.43 Å². The van der Waals surface area contributed by atoms with Crippen LogP contribution in [0.1, 0.15) is 5.56 Å². The van der Waals surface area contributed by atoms with Crippen LogP contribution < -0.4 is 5.43 Å². The SMILES string of the molecule is Oc1ccc(C=NNc2ccccn2)cc1. The Kier molecular flexibility index (Phi) is 3.13. The Morgan fingerprint density at radius 2 is 1.94 bits per heavy atom. The third-order valence-corrected chi connectivity index (χ3v) is 1.95. The standard InChI is InChI=1S/C12H11N3O/c16-11-6-4-10(5-7-11)9-14-15-12-3-1-2-8-13-12/h1-9,16H,(H,13,15). The second-order valence-electron chi connectivity index (χ2n) is 3.18. The molecule has 0 aliphatic carbocycles. The molecule has 0 saturated heterocycles. The topological polar surface area (TPSA) is 57.5 Å². The summed E-state index contributed by atoms with van der Waals surface area (Å²) in [5, 5.41) is 13.1. The van der Waals surface area contributed by atoms with E-state index in [0.717, 1.165) is 5.56 Å². The highest BCUT2D eigenvalue weighted by Gasteiger charge is 1.89. The number of rotatable bonds is 3. The van der Waals surface area contributed by atoms with Gasteiger partial charge in [-0.05, 0) is 42.0 Å². The zero-order valence-electron chi connectivity index (χ0n) is 8.54. The highest BCUT2D eigenvalue weighted by Crippen LogP contribution is 2.08. The van der Waals surface area contributed by atoms with Gasteiger partial charge >= 0.3 is 0 Å². The molecule has 0 amide bonds. The van der Waals surface area contributed by atoms with Gasteiger partial charge in [0.1, 0.15) is 11.6 Å². The van der Waals surface area contributed by atoms with Crippen LogP contribution in [0.2, 0.25) is 0 Å². The number of hydrogen-bond donors (Lipinski definition) is 2. The lowest BCUT2D eigenvalue weighted by Gasteiger charge is -1.97. The van der Waals surface area contributed by atoms with Gasteiger partial charge in [0.05, 0.1) is 6.21 Å². The summed E-state index contributed by atoms with van der Waals surface area (Å²) < 4.78 is 0. The third-order valence-electron chi connectivity index (χ3n) is 1.95. The molecular formula is C12H11N3O. The van der Waals surface area contributed by atoms with Gasteiger partial charge in [-0.1, -0.05) is 6.07 Å². The molecule has 0 fully saturated rings. The first-order chi connectivity index (χ1) is 7.84. The van der Waals surface area contributed by atoms with E-state index in [2.05, 4.69) is 15.5 Å². The van der Waals surface area contributed by atoms with Crippen molar-refractivity contribution >= 4 is 12.0 Å². The third kappa shape index (κ3) is 2.81. The average molecular weight is 213 g/mol. The van der Waals surface area contributed by atoms with Crippen LogP contribution in [0.15, 0.2) is 53.8 Å². The molecule has 2 N–H and O–H groups in total. The molecule has 0 bridgehead atoms. The number of hydrogen-bond acceptors (Lipinski definition) is 4. The van der Waals surface area contributed by atoms with Gasteiger partial charge in [0, 0.05) is 6.20 Å². The molecule has 0 aliphatic rings. The Bertz CT molecular complexity index is 465. The summed E-state index contributed by atoms with van der Waals surface area (Å²) in [4.78, 5) is 4.06. The Morgan fingerprint density at radius 1 is 1.12 bits per heavy atom. The number of hydrazone groups is 1. The molecule has 0 radical (unpaired) electrons. The van der Waals surface area contributed by atoms with Crippen molar-refractivity contribution < 1.29 is 5.11 Å². The Labute approximate surface area is 93.3 Å². The number of anilines is 1. The highest BCUT2D eigenvalue weighted by molar-refractivity contribution is 5.80. The molecule has 1 aromatic carbocycles. The first-order valence-corrected chi connectivity index (χ1v) is 4.84. The number of phenolic OH excluding ortho intramolecular Hbond substituents is 1. The first-order valence-electron chi connectivity index (χ1n) is 4.84. The molecule has 16 heavy (non-hydrogen) atoms. The molecule has 0 spiro atoms. The monoisotopic (exact) mass is 213 g/mol. The van der Waals surface area contributed by atoms with E-state index in [4.69, 9.17) is 5.11 Å². The largest absolute Gasteiger partial charge is 0.508 e. The molecule has 4 heteroatoms. The van der Waals surface area contributed by atoms with Crippen molar-refractivity contribution in [2.75, 3.05) is 5.43 Å². The molecular weight excluding hydrogens is 202 g/mol. The van der Waals surface area contributed by atoms with Gasteiger partial charge in [-0.15, -0.1) is 0 Å². The van der Waals surface area contributed by atoms with Crippen LogP contribution >= 0.6 is 0 Å². The summed E-state index contributed by atoms with van der Waals surface area (Å²) >= 11 is 0. The number of phenols is 1. The van der Waals surface area contributed by atoms with Gasteiger partial charge in [-0.2, -0.15) is 5.10 Å². The maximum absolute atomic E-state index is 9.09. The zero-order chi connectivity index (χ0) is 11.2. The Balaban J connectivity index is 1.98. The molecule has 4 nitrogen and oxygen atoms in total. The smallest absolute Gasteiger partial charge is 0.146 e. The predicted molar refractivity (Wildman–Crippen MR) is 63.6 cm³/mol. The Hall–Kier alpha value is -2.36. The number of nitrogens with zero attached hydrogens (tertiary/aromatic N) is 2. The first kappa shape index (κ1) is 10.2. The molecule has 1 aromatic heterocycles. The van der Waals surface area contributed by atoms with E-state index >= 15 is 0 Å². The van der Waals surface area contributed by atoms with Crippen molar-refractivity contribution in [3.63, 3.8) is 0 Å². The van der Waals surface area contributed by atoms with Gasteiger partial charge in [0.2, 0.25) is 0 Å². The lowest BCUT2D eigenvalue weighted by Crippen LogP contribution is -1.92. The van der Waals surface area contributed by atoms with Gasteiger partial charge in [0.15, 0.2) is 0 Å². The fraction of sp³-hybridized carbons (Fsp3) is 0. The fourth-order valence-corrected chi connectivity index (χ4v) is 1.16. The normalized spacial score (nSPS) is 10.5. The Morgan fingerprint density at radius 3 is 2.62 bits per heavy atom. The summed E-state index contributed by atoms with van der Waals surface area (Å²) in [5.41, 5.74) is 3.71. The van der Waals surface area contributed by atoms with Crippen molar-refractivity contribution in [1.82, 2.24) is 4.98 Å². The number of nitrogens with one attached hydrogen (secondary N) is 1. The molecule has 0 unspecified atom stereocenters. The lowest BCUT2D eigenvalue weighted by atomic mass is 10.2.